The molecule has 0 amide bonds. The normalized spacial score (nSPS) is 17.1. The largest absolute Gasteiger partial charge is 0.478 e. The minimum absolute atomic E-state index is 0.259. The van der Waals surface area contributed by atoms with Gasteiger partial charge in [-0.15, -0.1) is 0 Å². The molecule has 0 radical (unpaired) electrons. The number of rotatable bonds is 1. The van der Waals surface area contributed by atoms with E-state index in [1.54, 1.807) is 0 Å². The smallest absolute Gasteiger partial charge is 0.339 e. The fourth-order valence-corrected chi connectivity index (χ4v) is 0.856. The lowest BCUT2D eigenvalue weighted by Gasteiger charge is -2.02. The van der Waals surface area contributed by atoms with Crippen LogP contribution in [0.4, 0.5) is 0 Å². The number of hydrogen-bond donors (Lipinski definition) is 1. The first-order valence-electron chi connectivity index (χ1n) is 2.93. The zero-order valence-electron chi connectivity index (χ0n) is 5.70. The topological polar surface area (TPSA) is 71.4 Å². The van der Waals surface area contributed by atoms with Gasteiger partial charge >= 0.3 is 5.97 Å². The molecule has 12 heavy (non-hydrogen) atoms. The SMILES string of the molecule is O=C(O)C1=CC(=O)C(Cl)=CC1=O. The lowest BCUT2D eigenvalue weighted by Crippen LogP contribution is -2.16. The number of carboxylic acids is 1. The summed E-state index contributed by atoms with van der Waals surface area (Å²) in [6.45, 7) is 0. The summed E-state index contributed by atoms with van der Waals surface area (Å²) in [4.78, 5) is 31.9. The molecule has 0 saturated heterocycles. The van der Waals surface area contributed by atoms with Crippen LogP contribution >= 0.6 is 11.6 Å². The van der Waals surface area contributed by atoms with Gasteiger partial charge in [0.2, 0.25) is 0 Å². The summed E-state index contributed by atoms with van der Waals surface area (Å²) in [6, 6.07) is 0. The van der Waals surface area contributed by atoms with E-state index in [9.17, 15) is 14.4 Å². The van der Waals surface area contributed by atoms with E-state index < -0.39 is 23.1 Å². The van der Waals surface area contributed by atoms with Crippen molar-refractivity contribution in [2.24, 2.45) is 0 Å². The summed E-state index contributed by atoms with van der Waals surface area (Å²) in [5, 5.41) is 8.14. The maximum absolute atomic E-state index is 10.8. The number of aliphatic carboxylic acids is 1. The highest BCUT2D eigenvalue weighted by Gasteiger charge is 2.23. The monoisotopic (exact) mass is 186 g/mol. The molecule has 0 atom stereocenters. The third-order valence-electron chi connectivity index (χ3n) is 1.26. The molecule has 0 saturated carbocycles. The van der Waals surface area contributed by atoms with E-state index in [2.05, 4.69) is 0 Å². The summed E-state index contributed by atoms with van der Waals surface area (Å²) in [7, 11) is 0. The van der Waals surface area contributed by atoms with Crippen LogP contribution in [-0.2, 0) is 14.4 Å². The molecule has 1 N–H and O–H groups in total. The average Bonchev–Trinajstić information content (AvgIpc) is 1.96. The first-order valence-corrected chi connectivity index (χ1v) is 3.31. The van der Waals surface area contributed by atoms with Crippen LogP contribution in [0, 0.1) is 0 Å². The Morgan fingerprint density at radius 3 is 2.33 bits per heavy atom. The molecule has 5 heteroatoms. The molecule has 0 spiro atoms. The van der Waals surface area contributed by atoms with E-state index >= 15 is 0 Å². The number of ketones is 2. The zero-order valence-corrected chi connectivity index (χ0v) is 6.46. The molecule has 62 valence electrons. The van der Waals surface area contributed by atoms with Crippen molar-refractivity contribution in [3.05, 3.63) is 22.8 Å². The minimum Gasteiger partial charge on any atom is -0.478 e. The Morgan fingerprint density at radius 2 is 1.83 bits per heavy atom. The lowest BCUT2D eigenvalue weighted by molar-refractivity contribution is -0.134. The molecule has 1 aliphatic carbocycles. The van der Waals surface area contributed by atoms with Crippen LogP contribution in [0.25, 0.3) is 0 Å². The summed E-state index contributed by atoms with van der Waals surface area (Å²) in [5.74, 6) is -2.84. The van der Waals surface area contributed by atoms with Crippen LogP contribution in [-0.4, -0.2) is 22.6 Å². The van der Waals surface area contributed by atoms with Gasteiger partial charge in [0.05, 0.1) is 5.03 Å². The van der Waals surface area contributed by atoms with Gasteiger partial charge in [0.1, 0.15) is 5.57 Å². The molecular formula is C7H3ClO4. The maximum atomic E-state index is 10.8. The molecule has 0 unspecified atom stereocenters. The number of carboxylic acid groups (broad SMARTS) is 1. The van der Waals surface area contributed by atoms with Crippen molar-refractivity contribution in [3.8, 4) is 0 Å². The molecule has 0 heterocycles. The number of carbonyl (C=O) groups excluding carboxylic acids is 2. The van der Waals surface area contributed by atoms with Crippen molar-refractivity contribution in [3.63, 3.8) is 0 Å². The van der Waals surface area contributed by atoms with Crippen molar-refractivity contribution in [2.45, 2.75) is 0 Å². The van der Waals surface area contributed by atoms with Crippen LogP contribution in [0.1, 0.15) is 0 Å². The van der Waals surface area contributed by atoms with E-state index in [1.807, 2.05) is 0 Å². The van der Waals surface area contributed by atoms with Gasteiger partial charge in [0, 0.05) is 12.2 Å². The summed E-state index contributed by atoms with van der Waals surface area (Å²) in [5.41, 5.74) is -0.551. The van der Waals surface area contributed by atoms with Crippen LogP contribution in [0.15, 0.2) is 22.8 Å². The van der Waals surface area contributed by atoms with Gasteiger partial charge in [-0.05, 0) is 0 Å². The molecule has 0 aromatic heterocycles. The molecular weight excluding hydrogens is 184 g/mol. The highest BCUT2D eigenvalue weighted by Crippen LogP contribution is 2.14. The quantitative estimate of drug-likeness (QED) is 0.471. The Hall–Kier alpha value is -1.42. The number of hydrogen-bond acceptors (Lipinski definition) is 3. The second kappa shape index (κ2) is 2.91. The van der Waals surface area contributed by atoms with Crippen LogP contribution in [0.2, 0.25) is 0 Å². The molecule has 1 rings (SSSR count). The van der Waals surface area contributed by atoms with Crippen molar-refractivity contribution < 1.29 is 19.5 Å². The zero-order chi connectivity index (χ0) is 9.30. The number of halogens is 1. The van der Waals surface area contributed by atoms with E-state index in [0.717, 1.165) is 6.08 Å². The van der Waals surface area contributed by atoms with Crippen LogP contribution in [0.5, 0.6) is 0 Å². The Bertz CT molecular complexity index is 337. The van der Waals surface area contributed by atoms with E-state index in [4.69, 9.17) is 16.7 Å². The second-order valence-corrected chi connectivity index (χ2v) is 2.49. The Kier molecular flexibility index (Phi) is 2.10. The van der Waals surface area contributed by atoms with Crippen LogP contribution in [0.3, 0.4) is 0 Å². The van der Waals surface area contributed by atoms with Gasteiger partial charge in [-0.25, -0.2) is 4.79 Å². The van der Waals surface area contributed by atoms with Gasteiger partial charge in [0.15, 0.2) is 11.6 Å². The highest BCUT2D eigenvalue weighted by molar-refractivity contribution is 6.48. The molecule has 4 nitrogen and oxygen atoms in total. The fraction of sp³-hybridized carbons (Fsp3) is 0. The maximum Gasteiger partial charge on any atom is 0.339 e. The molecule has 0 aliphatic heterocycles. The Morgan fingerprint density at radius 1 is 1.25 bits per heavy atom. The van der Waals surface area contributed by atoms with Crippen LogP contribution < -0.4 is 0 Å². The molecule has 1 aliphatic rings. The van der Waals surface area contributed by atoms with Gasteiger partial charge in [-0.2, -0.15) is 0 Å². The van der Waals surface area contributed by atoms with Gasteiger partial charge < -0.3 is 5.11 Å². The highest BCUT2D eigenvalue weighted by atomic mass is 35.5. The van der Waals surface area contributed by atoms with Gasteiger partial charge in [-0.3, -0.25) is 9.59 Å². The minimum atomic E-state index is -1.42. The van der Waals surface area contributed by atoms with Crippen molar-refractivity contribution in [1.29, 1.82) is 0 Å². The lowest BCUT2D eigenvalue weighted by atomic mass is 10.0. The standard InChI is InChI=1S/C7H3ClO4/c8-4-2-5(9)3(7(11)12)1-6(4)10/h1-2H,(H,11,12). The van der Waals surface area contributed by atoms with Crippen molar-refractivity contribution >= 4 is 29.1 Å². The summed E-state index contributed by atoms with van der Waals surface area (Å²) in [6.07, 6.45) is 1.51. The molecule has 0 fully saturated rings. The molecule has 0 bridgehead atoms. The van der Waals surface area contributed by atoms with E-state index in [-0.39, 0.29) is 5.03 Å². The summed E-state index contributed by atoms with van der Waals surface area (Å²) < 4.78 is 0. The first kappa shape index (κ1) is 8.67. The molecule has 0 aromatic rings. The van der Waals surface area contributed by atoms with E-state index in [1.165, 1.54) is 0 Å². The Labute approximate surface area is 72.1 Å². The Balaban J connectivity index is 3.09. The first-order chi connectivity index (χ1) is 5.52. The van der Waals surface area contributed by atoms with Gasteiger partial charge in [0.25, 0.3) is 0 Å². The average molecular weight is 187 g/mol. The third-order valence-corrected chi connectivity index (χ3v) is 1.56. The van der Waals surface area contributed by atoms with Crippen molar-refractivity contribution in [1.82, 2.24) is 0 Å². The third kappa shape index (κ3) is 1.43. The fourth-order valence-electron chi connectivity index (χ4n) is 0.702. The van der Waals surface area contributed by atoms with E-state index in [0.29, 0.717) is 6.08 Å². The summed E-state index contributed by atoms with van der Waals surface area (Å²) >= 11 is 5.29. The predicted molar refractivity (Wildman–Crippen MR) is 39.7 cm³/mol. The number of allylic oxidation sites excluding steroid dienone is 3. The number of carbonyl (C=O) groups is 3. The molecule has 0 aromatic carbocycles. The van der Waals surface area contributed by atoms with Gasteiger partial charge in [-0.1, -0.05) is 11.6 Å². The second-order valence-electron chi connectivity index (χ2n) is 2.08. The van der Waals surface area contributed by atoms with Crippen molar-refractivity contribution in [2.75, 3.05) is 0 Å². The predicted octanol–water partition coefficient (Wildman–Crippen LogP) is 0.272.